The van der Waals surface area contributed by atoms with Crippen molar-refractivity contribution in [3.05, 3.63) is 189 Å². The molecule has 8 bridgehead atoms. The number of benzene rings is 8. The van der Waals surface area contributed by atoms with Crippen molar-refractivity contribution in [1.82, 2.24) is 39.9 Å². The van der Waals surface area contributed by atoms with Crippen molar-refractivity contribution in [2.24, 2.45) is 0 Å². The van der Waals surface area contributed by atoms with Crippen LogP contribution in [-0.2, 0) is 0 Å². The van der Waals surface area contributed by atoms with E-state index in [0.29, 0.717) is 45.9 Å². The van der Waals surface area contributed by atoms with E-state index >= 15 is 0 Å². The molecule has 10 heteroatoms. The highest BCUT2D eigenvalue weighted by Gasteiger charge is 2.28. The van der Waals surface area contributed by atoms with Crippen LogP contribution in [0.15, 0.2) is 133 Å². The maximum atomic E-state index is 12.0. The summed E-state index contributed by atoms with van der Waals surface area (Å²) in [5.74, 6) is 0.966. The van der Waals surface area contributed by atoms with E-state index in [-0.39, 0.29) is 5.56 Å². The van der Waals surface area contributed by atoms with Crippen LogP contribution in [0.5, 0.6) is 0 Å². The number of aromatic carboxylic acids is 1. The van der Waals surface area contributed by atoms with Crippen LogP contribution in [-0.4, -0.2) is 50.9 Å². The second-order valence-corrected chi connectivity index (χ2v) is 20.7. The molecule has 0 unspecified atom stereocenters. The summed E-state index contributed by atoms with van der Waals surface area (Å²) in [4.78, 5) is 52.6. The van der Waals surface area contributed by atoms with Crippen LogP contribution in [0.1, 0.15) is 60.4 Å². The normalized spacial score (nSPS) is 11.9. The van der Waals surface area contributed by atoms with Gasteiger partial charge in [-0.25, -0.2) is 34.7 Å². The second kappa shape index (κ2) is 17.3. The van der Waals surface area contributed by atoms with Gasteiger partial charge in [0.15, 0.2) is 23.3 Å². The van der Waals surface area contributed by atoms with Gasteiger partial charge in [0.2, 0.25) is 0 Å². The number of carboxylic acid groups (broad SMARTS) is 1. The van der Waals surface area contributed by atoms with Crippen LogP contribution in [0.2, 0.25) is 0 Å². The Bertz CT molecular complexity index is 4410. The third-order valence-electron chi connectivity index (χ3n) is 15.2. The number of aromatic amines is 2. The van der Waals surface area contributed by atoms with Gasteiger partial charge < -0.3 is 15.1 Å². The number of aromatic nitrogens is 8. The molecule has 0 fully saturated rings. The van der Waals surface area contributed by atoms with E-state index < -0.39 is 5.97 Å². The first-order valence-electron chi connectivity index (χ1n) is 25.6. The number of carboxylic acids is 1. The SMILES string of the molecule is Cc1cc(C)c(-c2cccc3c2-c2nc-3nc3[nH]c(nc4nc(nc5[nH]c(n2)c2cccc(-c6c(C)cc(C)cc6C)c52)-c2cccc(-c5ccc(C(=O)O)cc5)c2-4)c2cccc(-c4c(C)cc(C)cc4C)c32)c(C)c1. The number of aryl methyl sites for hydroxylation is 9. The molecule has 0 saturated heterocycles. The van der Waals surface area contributed by atoms with Crippen molar-refractivity contribution in [2.45, 2.75) is 62.3 Å². The Morgan fingerprint density at radius 3 is 1.12 bits per heavy atom. The maximum Gasteiger partial charge on any atom is 0.335 e. The van der Waals surface area contributed by atoms with Crippen LogP contribution in [0.4, 0.5) is 0 Å². The van der Waals surface area contributed by atoms with Gasteiger partial charge in [0.05, 0.1) is 5.56 Å². The number of rotatable bonds is 5. The predicted octanol–water partition coefficient (Wildman–Crippen LogP) is 16.0. The standard InChI is InChI=1S/C66H52N8O2/c1-32-26-35(4)51(36(5)27-32)44-15-11-19-48-55(44)64-70-59(48)68-62-54-43(41-22-24-42(25-23-41)66(75)76)14-10-18-47(54)58(67-62)69-63-56-45(52-37(6)28-33(2)29-38(52)7)16-12-20-49(56)60(71-63)73-65-57-46(17-13-21-50(57)61(72-64)74-65)53-39(8)30-34(3)31-40(53)9/h10-31H,1-9H3,(H,75,76)(H2,67,68,69,70,71,72,73,74). The fourth-order valence-electron chi connectivity index (χ4n) is 12.5. The second-order valence-electron chi connectivity index (χ2n) is 20.7. The summed E-state index contributed by atoms with van der Waals surface area (Å²) >= 11 is 0. The van der Waals surface area contributed by atoms with Crippen LogP contribution in [0, 0.1) is 62.3 Å². The zero-order valence-electron chi connectivity index (χ0n) is 43.7. The molecule has 0 amide bonds. The van der Waals surface area contributed by atoms with E-state index in [2.05, 4.69) is 163 Å². The Kier molecular flexibility index (Phi) is 10.6. The highest BCUT2D eigenvalue weighted by Crippen LogP contribution is 2.47. The molecular weight excluding hydrogens is 937 g/mol. The molecule has 76 heavy (non-hydrogen) atoms. The first kappa shape index (κ1) is 46.4. The Morgan fingerprint density at radius 1 is 0.355 bits per heavy atom. The maximum absolute atomic E-state index is 12.0. The lowest BCUT2D eigenvalue weighted by Crippen LogP contribution is -1.95. The van der Waals surface area contributed by atoms with Gasteiger partial charge in [-0.2, -0.15) is 0 Å². The van der Waals surface area contributed by atoms with E-state index in [4.69, 9.17) is 29.9 Å². The topological polar surface area (TPSA) is 146 Å². The van der Waals surface area contributed by atoms with Crippen molar-refractivity contribution in [3.63, 3.8) is 0 Å². The average Bonchev–Trinajstić information content (AvgIpc) is 4.16. The van der Waals surface area contributed by atoms with Gasteiger partial charge in [-0.05, 0) is 152 Å². The third kappa shape index (κ3) is 7.34. The van der Waals surface area contributed by atoms with Gasteiger partial charge in [0.25, 0.3) is 0 Å². The third-order valence-corrected chi connectivity index (χ3v) is 15.2. The molecule has 13 rings (SSSR count). The highest BCUT2D eigenvalue weighted by molar-refractivity contribution is 6.15. The van der Waals surface area contributed by atoms with Gasteiger partial charge in [-0.15, -0.1) is 0 Å². The molecule has 0 atom stereocenters. The molecular formula is C66H52N8O2. The van der Waals surface area contributed by atoms with Gasteiger partial charge in [-0.1, -0.05) is 138 Å². The van der Waals surface area contributed by atoms with E-state index in [1.807, 2.05) is 30.3 Å². The van der Waals surface area contributed by atoms with Crippen molar-refractivity contribution in [3.8, 4) is 90.1 Å². The van der Waals surface area contributed by atoms with Gasteiger partial charge in [-0.3, -0.25) is 0 Å². The average molecular weight is 989 g/mol. The number of hydrogen-bond donors (Lipinski definition) is 3. The molecule has 3 aromatic heterocycles. The molecule has 8 aromatic carbocycles. The molecule has 0 aliphatic carbocycles. The molecule has 0 radical (unpaired) electrons. The summed E-state index contributed by atoms with van der Waals surface area (Å²) in [6.07, 6.45) is 0. The lowest BCUT2D eigenvalue weighted by atomic mass is 9.89. The largest absolute Gasteiger partial charge is 0.478 e. The predicted molar refractivity (Wildman–Crippen MR) is 307 cm³/mol. The molecule has 368 valence electrons. The lowest BCUT2D eigenvalue weighted by molar-refractivity contribution is 0.0697. The zero-order chi connectivity index (χ0) is 52.4. The van der Waals surface area contributed by atoms with E-state index in [1.54, 1.807) is 12.1 Å². The van der Waals surface area contributed by atoms with E-state index in [9.17, 15) is 9.90 Å². The molecule has 2 aliphatic heterocycles. The molecule has 3 N–H and O–H groups in total. The molecule has 11 aromatic rings. The fourth-order valence-corrected chi connectivity index (χ4v) is 12.5. The number of fused-ring (bicyclic) bond motifs is 20. The fraction of sp³-hybridized carbons (Fsp3) is 0.136. The van der Waals surface area contributed by atoms with Crippen molar-refractivity contribution in [2.75, 3.05) is 0 Å². The molecule has 5 heterocycles. The quantitative estimate of drug-likeness (QED) is 0.154. The van der Waals surface area contributed by atoms with Crippen molar-refractivity contribution < 1.29 is 9.90 Å². The smallest absolute Gasteiger partial charge is 0.335 e. The highest BCUT2D eigenvalue weighted by atomic mass is 16.4. The van der Waals surface area contributed by atoms with Gasteiger partial charge >= 0.3 is 5.97 Å². The number of H-pyrrole nitrogens is 2. The number of hydrogen-bond acceptors (Lipinski definition) is 7. The summed E-state index contributed by atoms with van der Waals surface area (Å²) in [5.41, 5.74) is 24.5. The monoisotopic (exact) mass is 988 g/mol. The van der Waals surface area contributed by atoms with Gasteiger partial charge in [0.1, 0.15) is 22.6 Å². The Hall–Kier alpha value is -9.41. The Morgan fingerprint density at radius 2 is 0.697 bits per heavy atom. The summed E-state index contributed by atoms with van der Waals surface area (Å²) in [5, 5.41) is 13.4. The van der Waals surface area contributed by atoms with Gasteiger partial charge in [0, 0.05) is 43.8 Å². The van der Waals surface area contributed by atoms with Crippen LogP contribution in [0.3, 0.4) is 0 Å². The van der Waals surface area contributed by atoms with Crippen LogP contribution >= 0.6 is 0 Å². The van der Waals surface area contributed by atoms with Crippen molar-refractivity contribution >= 4 is 50.1 Å². The first-order chi connectivity index (χ1) is 36.7. The molecule has 0 saturated carbocycles. The molecule has 0 spiro atoms. The zero-order valence-corrected chi connectivity index (χ0v) is 43.7. The number of nitrogens with zero attached hydrogens (tertiary/aromatic N) is 6. The molecule has 10 nitrogen and oxygen atoms in total. The van der Waals surface area contributed by atoms with E-state index in [1.165, 1.54) is 16.7 Å². The minimum absolute atomic E-state index is 0.198. The summed E-state index contributed by atoms with van der Waals surface area (Å²) in [7, 11) is 0. The Balaban J connectivity index is 1.23. The summed E-state index contributed by atoms with van der Waals surface area (Å²) < 4.78 is 0. The summed E-state index contributed by atoms with van der Waals surface area (Å²) in [6, 6.07) is 45.4. The van der Waals surface area contributed by atoms with Crippen molar-refractivity contribution in [1.29, 1.82) is 0 Å². The minimum Gasteiger partial charge on any atom is -0.478 e. The number of carbonyl (C=O) groups is 1. The number of nitrogens with one attached hydrogen (secondary N) is 2. The van der Waals surface area contributed by atoms with E-state index in [0.717, 1.165) is 122 Å². The lowest BCUT2D eigenvalue weighted by Gasteiger charge is -2.15. The summed E-state index contributed by atoms with van der Waals surface area (Å²) in [6.45, 7) is 19.4. The van der Waals surface area contributed by atoms with Crippen LogP contribution < -0.4 is 0 Å². The Labute approximate surface area is 439 Å². The van der Waals surface area contributed by atoms with Crippen LogP contribution in [0.25, 0.3) is 134 Å². The minimum atomic E-state index is -0.992. The molecule has 2 aliphatic rings. The first-order valence-corrected chi connectivity index (χ1v) is 25.6.